The van der Waals surface area contributed by atoms with Gasteiger partial charge >= 0.3 is 0 Å². The lowest BCUT2D eigenvalue weighted by Crippen LogP contribution is -2.34. The van der Waals surface area contributed by atoms with E-state index in [1.807, 2.05) is 55.4 Å². The summed E-state index contributed by atoms with van der Waals surface area (Å²) in [6.07, 6.45) is 0. The minimum atomic E-state index is -0.306. The van der Waals surface area contributed by atoms with Crippen LogP contribution in [-0.4, -0.2) is 41.6 Å². The van der Waals surface area contributed by atoms with Crippen LogP contribution in [0.5, 0.6) is 0 Å². The van der Waals surface area contributed by atoms with Crippen molar-refractivity contribution in [2.75, 3.05) is 20.6 Å². The van der Waals surface area contributed by atoms with E-state index >= 15 is 0 Å². The van der Waals surface area contributed by atoms with Crippen LogP contribution in [0, 0.1) is 12.7 Å². The van der Waals surface area contributed by atoms with Gasteiger partial charge in [0.2, 0.25) is 0 Å². The normalized spacial score (nSPS) is 12.3. The van der Waals surface area contributed by atoms with Crippen LogP contribution in [0.25, 0.3) is 22.4 Å². The zero-order chi connectivity index (χ0) is 22.0. The average Bonchev–Trinajstić information content (AvgIpc) is 3.14. The van der Waals surface area contributed by atoms with Crippen molar-refractivity contribution in [3.05, 3.63) is 83.3 Å². The van der Waals surface area contributed by atoms with Gasteiger partial charge in [-0.25, -0.2) is 9.37 Å². The number of halogens is 1. The first kappa shape index (κ1) is 20.7. The number of fused-ring (bicyclic) bond motifs is 1. The van der Waals surface area contributed by atoms with Crippen LogP contribution in [0.3, 0.4) is 0 Å². The molecule has 0 radical (unpaired) electrons. The fraction of sp³-hybridized carbons (Fsp3) is 0.208. The highest BCUT2D eigenvalue weighted by atomic mass is 19.1. The van der Waals surface area contributed by atoms with Gasteiger partial charge in [0.05, 0.1) is 28.4 Å². The Bertz CT molecular complexity index is 1220. The number of pyridine rings is 1. The number of amides is 1. The first-order chi connectivity index (χ1) is 14.9. The van der Waals surface area contributed by atoms with E-state index in [0.29, 0.717) is 34.6 Å². The van der Waals surface area contributed by atoms with Gasteiger partial charge in [0, 0.05) is 12.1 Å². The molecule has 7 heteroatoms. The minimum absolute atomic E-state index is 0.186. The van der Waals surface area contributed by atoms with Gasteiger partial charge in [-0.3, -0.25) is 4.79 Å². The standard InChI is InChI=1S/C24H23FN4O2/c1-15-22-19(13-20(27-24(22)31-28-15)16-8-5-4-6-9-16)23(30)26-14-21(29(2)3)17-10-7-11-18(25)12-17/h4-13,21H,14H2,1-3H3,(H,26,30). The SMILES string of the molecule is Cc1noc2nc(-c3ccccc3)cc(C(=O)NCC(c3cccc(F)c3)N(C)C)c12. The number of hydrogen-bond acceptors (Lipinski definition) is 5. The van der Waals surface area contributed by atoms with Crippen LogP contribution in [-0.2, 0) is 0 Å². The van der Waals surface area contributed by atoms with E-state index in [0.717, 1.165) is 11.1 Å². The first-order valence-corrected chi connectivity index (χ1v) is 9.96. The van der Waals surface area contributed by atoms with Crippen molar-refractivity contribution in [2.45, 2.75) is 13.0 Å². The van der Waals surface area contributed by atoms with Crippen molar-refractivity contribution in [2.24, 2.45) is 0 Å². The molecule has 0 aliphatic rings. The fourth-order valence-corrected chi connectivity index (χ4v) is 3.63. The fourth-order valence-electron chi connectivity index (χ4n) is 3.63. The topological polar surface area (TPSA) is 71.3 Å². The number of hydrogen-bond donors (Lipinski definition) is 1. The average molecular weight is 418 g/mol. The van der Waals surface area contributed by atoms with Crippen LogP contribution >= 0.6 is 0 Å². The molecule has 0 saturated heterocycles. The predicted octanol–water partition coefficient (Wildman–Crippen LogP) is 4.37. The van der Waals surface area contributed by atoms with Crippen LogP contribution < -0.4 is 5.32 Å². The summed E-state index contributed by atoms with van der Waals surface area (Å²) in [6, 6.07) is 17.6. The predicted molar refractivity (Wildman–Crippen MR) is 117 cm³/mol. The van der Waals surface area contributed by atoms with Gasteiger partial charge in [0.15, 0.2) is 0 Å². The Kier molecular flexibility index (Phi) is 5.77. The number of aromatic nitrogens is 2. The Hall–Kier alpha value is -3.58. The second-order valence-corrected chi connectivity index (χ2v) is 7.61. The number of carbonyl (C=O) groups excluding carboxylic acids is 1. The maximum atomic E-state index is 13.7. The number of nitrogens with zero attached hydrogens (tertiary/aromatic N) is 3. The van der Waals surface area contributed by atoms with Gasteiger partial charge < -0.3 is 14.7 Å². The molecule has 1 unspecified atom stereocenters. The van der Waals surface area contributed by atoms with Crippen molar-refractivity contribution in [3.63, 3.8) is 0 Å². The lowest BCUT2D eigenvalue weighted by atomic mass is 10.0. The Morgan fingerprint density at radius 1 is 1.13 bits per heavy atom. The highest BCUT2D eigenvalue weighted by Gasteiger charge is 2.21. The molecule has 1 atom stereocenters. The molecule has 1 amide bonds. The van der Waals surface area contributed by atoms with Crippen molar-refractivity contribution in [3.8, 4) is 11.3 Å². The van der Waals surface area contributed by atoms with Crippen molar-refractivity contribution in [1.29, 1.82) is 0 Å². The highest BCUT2D eigenvalue weighted by molar-refractivity contribution is 6.07. The molecule has 6 nitrogen and oxygen atoms in total. The molecule has 158 valence electrons. The van der Waals surface area contributed by atoms with Gasteiger partial charge in [0.1, 0.15) is 5.82 Å². The van der Waals surface area contributed by atoms with E-state index in [1.165, 1.54) is 12.1 Å². The molecule has 2 heterocycles. The summed E-state index contributed by atoms with van der Waals surface area (Å²) in [4.78, 5) is 19.7. The summed E-state index contributed by atoms with van der Waals surface area (Å²) in [5, 5.41) is 7.56. The van der Waals surface area contributed by atoms with E-state index in [2.05, 4.69) is 15.5 Å². The summed E-state index contributed by atoms with van der Waals surface area (Å²) in [5.41, 5.74) is 3.65. The largest absolute Gasteiger partial charge is 0.350 e. The summed E-state index contributed by atoms with van der Waals surface area (Å²) < 4.78 is 19.1. The third-order valence-corrected chi connectivity index (χ3v) is 5.24. The van der Waals surface area contributed by atoms with E-state index in [9.17, 15) is 9.18 Å². The number of benzene rings is 2. The zero-order valence-corrected chi connectivity index (χ0v) is 17.6. The van der Waals surface area contributed by atoms with Crippen LogP contribution in [0.15, 0.2) is 65.2 Å². The quantitative estimate of drug-likeness (QED) is 0.503. The lowest BCUT2D eigenvalue weighted by molar-refractivity contribution is 0.0943. The van der Waals surface area contributed by atoms with Gasteiger partial charge in [-0.2, -0.15) is 0 Å². The van der Waals surface area contributed by atoms with Gasteiger partial charge in [0.25, 0.3) is 11.6 Å². The molecule has 0 bridgehead atoms. The third-order valence-electron chi connectivity index (χ3n) is 5.24. The van der Waals surface area contributed by atoms with Crippen molar-refractivity contribution in [1.82, 2.24) is 20.4 Å². The lowest BCUT2D eigenvalue weighted by Gasteiger charge is -2.25. The Labute approximate surface area is 179 Å². The number of likely N-dealkylation sites (N-methyl/N-ethyl adjacent to an activating group) is 1. The molecule has 2 aromatic heterocycles. The summed E-state index contributed by atoms with van der Waals surface area (Å²) in [7, 11) is 3.79. The first-order valence-electron chi connectivity index (χ1n) is 9.96. The molecular weight excluding hydrogens is 395 g/mol. The second kappa shape index (κ2) is 8.65. The highest BCUT2D eigenvalue weighted by Crippen LogP contribution is 2.27. The molecule has 2 aromatic carbocycles. The Morgan fingerprint density at radius 3 is 2.61 bits per heavy atom. The van der Waals surface area contributed by atoms with E-state index < -0.39 is 0 Å². The zero-order valence-electron chi connectivity index (χ0n) is 17.6. The van der Waals surface area contributed by atoms with Gasteiger partial charge in [-0.15, -0.1) is 0 Å². The maximum Gasteiger partial charge on any atom is 0.259 e. The molecule has 0 fully saturated rings. The number of nitrogens with one attached hydrogen (secondary N) is 1. The van der Waals surface area contributed by atoms with Gasteiger partial charge in [-0.05, 0) is 44.8 Å². The monoisotopic (exact) mass is 418 g/mol. The van der Waals surface area contributed by atoms with Crippen molar-refractivity contribution < 1.29 is 13.7 Å². The molecule has 0 spiro atoms. The van der Waals surface area contributed by atoms with E-state index in [-0.39, 0.29) is 17.8 Å². The molecule has 4 aromatic rings. The minimum Gasteiger partial charge on any atom is -0.350 e. The molecule has 4 rings (SSSR count). The molecule has 1 N–H and O–H groups in total. The van der Waals surface area contributed by atoms with Crippen LogP contribution in [0.2, 0.25) is 0 Å². The summed E-state index contributed by atoms with van der Waals surface area (Å²) >= 11 is 0. The molecule has 0 saturated carbocycles. The molecule has 0 aliphatic carbocycles. The van der Waals surface area contributed by atoms with E-state index in [4.69, 9.17) is 4.52 Å². The smallest absolute Gasteiger partial charge is 0.259 e. The number of carbonyl (C=O) groups is 1. The Morgan fingerprint density at radius 2 is 1.90 bits per heavy atom. The summed E-state index contributed by atoms with van der Waals surface area (Å²) in [6.45, 7) is 2.09. The maximum absolute atomic E-state index is 13.7. The Balaban J connectivity index is 1.66. The van der Waals surface area contributed by atoms with Gasteiger partial charge in [-0.1, -0.05) is 47.6 Å². The van der Waals surface area contributed by atoms with Crippen molar-refractivity contribution >= 4 is 17.0 Å². The van der Waals surface area contributed by atoms with E-state index in [1.54, 1.807) is 19.1 Å². The molecule has 31 heavy (non-hydrogen) atoms. The van der Waals surface area contributed by atoms with Crippen LogP contribution in [0.1, 0.15) is 27.7 Å². The molecule has 0 aliphatic heterocycles. The third kappa shape index (κ3) is 4.32. The van der Waals surface area contributed by atoms with Crippen LogP contribution in [0.4, 0.5) is 4.39 Å². The number of rotatable bonds is 6. The molecular formula is C24H23FN4O2. The second-order valence-electron chi connectivity index (χ2n) is 7.61. The number of aryl methyl sites for hydroxylation is 1. The summed E-state index contributed by atoms with van der Waals surface area (Å²) in [5.74, 6) is -0.571.